The number of β-lactam (4-membered cyclic amide) rings is 1. The van der Waals surface area contributed by atoms with Crippen molar-refractivity contribution in [3.63, 3.8) is 0 Å². The van der Waals surface area contributed by atoms with Crippen molar-refractivity contribution < 1.29 is 24.3 Å². The molecule has 2 aliphatic rings. The van der Waals surface area contributed by atoms with Crippen LogP contribution in [0.3, 0.4) is 0 Å². The molecule has 0 aliphatic carbocycles. The summed E-state index contributed by atoms with van der Waals surface area (Å²) in [5, 5.41) is 26.1. The topological polar surface area (TPSA) is 200 Å². The number of hydrogen-bond donors (Lipinski definition) is 5. The van der Waals surface area contributed by atoms with Crippen LogP contribution in [0.4, 0.5) is 5.13 Å². The van der Waals surface area contributed by atoms with Gasteiger partial charge in [-0.15, -0.1) is 23.1 Å². The van der Waals surface area contributed by atoms with Crippen LogP contribution in [0.2, 0.25) is 0 Å². The lowest BCUT2D eigenvalue weighted by Gasteiger charge is -2.49. The molecule has 7 N–H and O–H groups in total. The number of rotatable bonds is 7. The number of carbonyl (C=O) groups excluding carboxylic acids is 2. The van der Waals surface area contributed by atoms with Crippen molar-refractivity contribution in [3.8, 4) is 0 Å². The van der Waals surface area contributed by atoms with Crippen molar-refractivity contribution in [2.24, 2.45) is 11.0 Å². The third kappa shape index (κ3) is 4.67. The lowest BCUT2D eigenvalue weighted by molar-refractivity contribution is -0.150. The number of aliphatic carboxylic acids is 1. The van der Waals surface area contributed by atoms with Crippen molar-refractivity contribution in [3.05, 3.63) is 22.3 Å². The molecule has 0 unspecified atom stereocenters. The number of carboxylic acid groups (broad SMARTS) is 1. The Morgan fingerprint density at radius 2 is 2.28 bits per heavy atom. The van der Waals surface area contributed by atoms with E-state index in [1.54, 1.807) is 0 Å². The van der Waals surface area contributed by atoms with Crippen LogP contribution < -0.4 is 16.9 Å². The highest BCUT2D eigenvalue weighted by molar-refractivity contribution is 8.13. The first-order chi connectivity index (χ1) is 15.1. The number of nitrogens with one attached hydrogen (secondary N) is 2. The Bertz CT molecular complexity index is 1020. The van der Waals surface area contributed by atoms with Gasteiger partial charge in [0.15, 0.2) is 16.0 Å². The monoisotopic (exact) mass is 500 g/mol. The summed E-state index contributed by atoms with van der Waals surface area (Å²) in [6.07, 6.45) is 0. The summed E-state index contributed by atoms with van der Waals surface area (Å²) in [7, 11) is 2.77. The van der Waals surface area contributed by atoms with Gasteiger partial charge in [0.25, 0.3) is 11.8 Å². The fourth-order valence-corrected chi connectivity index (χ4v) is 5.73. The molecule has 0 spiro atoms. The normalized spacial score (nSPS) is 20.4. The van der Waals surface area contributed by atoms with E-state index in [9.17, 15) is 19.5 Å². The number of fused-ring (bicyclic) bond motifs is 1. The number of hydrogen-bond acceptors (Lipinski definition) is 12. The van der Waals surface area contributed by atoms with Gasteiger partial charge < -0.3 is 21.0 Å². The molecule has 0 radical (unpaired) electrons. The van der Waals surface area contributed by atoms with Gasteiger partial charge in [-0.05, 0) is 5.57 Å². The molecule has 0 bridgehead atoms. The molecule has 3 rings (SSSR count). The highest BCUT2D eigenvalue weighted by Gasteiger charge is 2.54. The molecule has 2 atom stereocenters. The Morgan fingerprint density at radius 1 is 1.56 bits per heavy atom. The van der Waals surface area contributed by atoms with Crippen LogP contribution in [0.25, 0.3) is 0 Å². The fraction of sp³-hybridized carbons (Fsp3) is 0.375. The van der Waals surface area contributed by atoms with Gasteiger partial charge in [0, 0.05) is 23.9 Å². The summed E-state index contributed by atoms with van der Waals surface area (Å²) >= 11 is 3.49. The molecule has 16 heteroatoms. The number of oxime groups is 1. The first-order valence-electron chi connectivity index (χ1n) is 8.88. The summed E-state index contributed by atoms with van der Waals surface area (Å²) in [6, 6.07) is -0.942. The third-order valence-corrected chi connectivity index (χ3v) is 7.47. The molecule has 32 heavy (non-hydrogen) atoms. The maximum absolute atomic E-state index is 12.8. The Hall–Kier alpha value is -2.82. The largest absolute Gasteiger partial charge is 0.477 e. The summed E-state index contributed by atoms with van der Waals surface area (Å²) in [5.41, 5.74) is 6.01. The third-order valence-electron chi connectivity index (χ3n) is 4.40. The number of thiazole rings is 1. The SMILES string of the molecule is CO/N=C(\C(=O)N[C@@H]1C(=O)N2C(C(=O)O)=C(CSC(=N)N(C)N)CS[C@H]12)c1csc(N)n1. The predicted molar refractivity (Wildman–Crippen MR) is 122 cm³/mol. The van der Waals surface area contributed by atoms with Gasteiger partial charge in [-0.3, -0.25) is 24.9 Å². The Labute approximate surface area is 194 Å². The number of nitrogens with two attached hydrogens (primary N) is 2. The Balaban J connectivity index is 1.75. The number of anilines is 1. The average molecular weight is 501 g/mol. The number of thioether (sulfide) groups is 2. The zero-order valence-electron chi connectivity index (χ0n) is 16.9. The van der Waals surface area contributed by atoms with Crippen molar-refractivity contribution in [2.75, 3.05) is 31.4 Å². The first-order valence-corrected chi connectivity index (χ1v) is 11.8. The molecule has 172 valence electrons. The van der Waals surface area contributed by atoms with Crippen LogP contribution in [0.1, 0.15) is 5.69 Å². The summed E-state index contributed by atoms with van der Waals surface area (Å²) in [6.45, 7) is 0. The quantitative estimate of drug-likeness (QED) is 0.104. The molecular formula is C16H20N8O5S3. The molecule has 3 heterocycles. The zero-order valence-corrected chi connectivity index (χ0v) is 19.3. The minimum atomic E-state index is -1.25. The number of nitrogens with zero attached hydrogens (tertiary/aromatic N) is 4. The molecule has 0 saturated carbocycles. The fourth-order valence-electron chi connectivity index (χ4n) is 2.95. The van der Waals surface area contributed by atoms with Crippen LogP contribution in [-0.4, -0.2) is 85.7 Å². The maximum atomic E-state index is 12.8. The molecular weight excluding hydrogens is 480 g/mol. The summed E-state index contributed by atoms with van der Waals surface area (Å²) < 4.78 is 0. The van der Waals surface area contributed by atoms with Crippen molar-refractivity contribution in [1.29, 1.82) is 5.41 Å². The second-order valence-corrected chi connectivity index (χ2v) is 9.48. The lowest BCUT2D eigenvalue weighted by atomic mass is 10.0. The van der Waals surface area contributed by atoms with Gasteiger partial charge in [-0.1, -0.05) is 16.9 Å². The van der Waals surface area contributed by atoms with E-state index in [1.807, 2.05) is 0 Å². The average Bonchev–Trinajstić information content (AvgIpc) is 3.18. The van der Waals surface area contributed by atoms with Crippen molar-refractivity contribution >= 4 is 68.7 Å². The van der Waals surface area contributed by atoms with E-state index in [0.717, 1.165) is 33.0 Å². The number of carboxylic acids is 1. The highest BCUT2D eigenvalue weighted by Crippen LogP contribution is 2.41. The van der Waals surface area contributed by atoms with Crippen LogP contribution >= 0.6 is 34.9 Å². The smallest absolute Gasteiger partial charge is 0.352 e. The Morgan fingerprint density at radius 3 is 2.84 bits per heavy atom. The standard InChI is InChI=1S/C16H20N8O5S3/c1-23(19)16(18)32-4-6-3-30-13-9(12(26)24(13)10(6)14(27)28)21-11(25)8(22-29-2)7-5-31-15(17)20-7/h5,9,13,18H,3-4,19H2,1-2H3,(H2,17,20)(H,21,25)(H,27,28)/b18-16?,22-8-/t9-,13-/m1/s1. The van der Waals surface area contributed by atoms with Crippen LogP contribution in [-0.2, 0) is 19.2 Å². The number of aromatic nitrogens is 1. The highest BCUT2D eigenvalue weighted by atomic mass is 32.2. The molecule has 1 fully saturated rings. The van der Waals surface area contributed by atoms with E-state index < -0.39 is 29.2 Å². The number of nitrogen functional groups attached to an aromatic ring is 1. The molecule has 1 saturated heterocycles. The van der Waals surface area contributed by atoms with E-state index >= 15 is 0 Å². The second-order valence-electron chi connectivity index (χ2n) is 6.52. The van der Waals surface area contributed by atoms with Gasteiger partial charge >= 0.3 is 5.97 Å². The zero-order chi connectivity index (χ0) is 23.6. The van der Waals surface area contributed by atoms with E-state index in [1.165, 1.54) is 31.3 Å². The summed E-state index contributed by atoms with van der Waals surface area (Å²) in [4.78, 5) is 47.3. The van der Waals surface area contributed by atoms with Crippen molar-refractivity contribution in [2.45, 2.75) is 11.4 Å². The van der Waals surface area contributed by atoms with E-state index in [4.69, 9.17) is 21.8 Å². The van der Waals surface area contributed by atoms with Gasteiger partial charge in [0.05, 0.1) is 0 Å². The minimum absolute atomic E-state index is 0.0575. The second kappa shape index (κ2) is 9.76. The van der Waals surface area contributed by atoms with Gasteiger partial charge in [0.2, 0.25) is 0 Å². The van der Waals surface area contributed by atoms with Gasteiger partial charge in [-0.2, -0.15) is 0 Å². The molecule has 1 aromatic heterocycles. The van der Waals surface area contributed by atoms with Crippen molar-refractivity contribution in [1.82, 2.24) is 20.2 Å². The van der Waals surface area contributed by atoms with Crippen LogP contribution in [0.5, 0.6) is 0 Å². The van der Waals surface area contributed by atoms with E-state index in [2.05, 4.69) is 15.5 Å². The van der Waals surface area contributed by atoms with E-state index in [-0.39, 0.29) is 33.2 Å². The van der Waals surface area contributed by atoms with Crippen LogP contribution in [0.15, 0.2) is 21.8 Å². The first kappa shape index (κ1) is 23.8. The van der Waals surface area contributed by atoms with E-state index in [0.29, 0.717) is 11.3 Å². The molecule has 1 aromatic rings. The lowest BCUT2D eigenvalue weighted by Crippen LogP contribution is -2.71. The van der Waals surface area contributed by atoms with Crippen LogP contribution in [0, 0.1) is 5.41 Å². The molecule has 2 amide bonds. The number of hydrazine groups is 1. The molecule has 13 nitrogen and oxygen atoms in total. The number of amidine groups is 1. The molecule has 0 aromatic carbocycles. The van der Waals surface area contributed by atoms with Gasteiger partial charge in [-0.25, -0.2) is 15.6 Å². The maximum Gasteiger partial charge on any atom is 0.352 e. The number of amides is 2. The number of carbonyl (C=O) groups is 3. The minimum Gasteiger partial charge on any atom is -0.477 e. The summed E-state index contributed by atoms with van der Waals surface area (Å²) in [5.74, 6) is 3.50. The predicted octanol–water partition coefficient (Wildman–Crippen LogP) is -0.712. The Kier molecular flexibility index (Phi) is 7.27. The molecule has 2 aliphatic heterocycles. The van der Waals surface area contributed by atoms with Gasteiger partial charge in [0.1, 0.15) is 29.9 Å².